The van der Waals surface area contributed by atoms with E-state index in [0.29, 0.717) is 36.5 Å². The minimum absolute atomic E-state index is 0.0806. The predicted molar refractivity (Wildman–Crippen MR) is 150 cm³/mol. The summed E-state index contributed by atoms with van der Waals surface area (Å²) in [5.41, 5.74) is 0.738. The molecule has 40 heavy (non-hydrogen) atoms. The number of aromatic nitrogens is 3. The number of aliphatic imine (C=N–C) groups is 1. The zero-order chi connectivity index (χ0) is 28.6. The average molecular weight is 571 g/mol. The molecular weight excluding hydrogens is 538 g/mol. The number of hydrogen-bond acceptors (Lipinski definition) is 7. The lowest BCUT2D eigenvalue weighted by Gasteiger charge is -2.27. The van der Waals surface area contributed by atoms with Crippen LogP contribution in [0.15, 0.2) is 46.4 Å². The van der Waals surface area contributed by atoms with E-state index in [4.69, 9.17) is 4.74 Å². The molecule has 0 radical (unpaired) electrons. The third-order valence-electron chi connectivity index (χ3n) is 6.94. The Morgan fingerprint density at radius 2 is 2.00 bits per heavy atom. The van der Waals surface area contributed by atoms with Crippen molar-refractivity contribution >= 4 is 41.4 Å². The van der Waals surface area contributed by atoms with Crippen molar-refractivity contribution in [2.45, 2.75) is 56.3 Å². The maximum atomic E-state index is 14.7. The number of thioether (sulfide) groups is 1. The molecule has 0 aliphatic carbocycles. The zero-order valence-electron chi connectivity index (χ0n) is 22.9. The number of carbonyl (C=O) groups excluding carboxylic acids is 2. The highest BCUT2D eigenvalue weighted by Crippen LogP contribution is 2.40. The molecule has 2 aliphatic heterocycles. The second-order valence-corrected chi connectivity index (χ2v) is 11.9. The van der Waals surface area contributed by atoms with Crippen LogP contribution in [0.25, 0.3) is 5.65 Å². The summed E-state index contributed by atoms with van der Waals surface area (Å²) < 4.78 is 35.7. The molecule has 2 saturated heterocycles. The van der Waals surface area contributed by atoms with Crippen LogP contribution >= 0.6 is 11.8 Å². The Balaban J connectivity index is 1.35. The van der Waals surface area contributed by atoms with E-state index in [1.165, 1.54) is 34.6 Å². The van der Waals surface area contributed by atoms with Gasteiger partial charge in [-0.05, 0) is 69.3 Å². The minimum atomic E-state index is -1.11. The molecule has 0 saturated carbocycles. The number of anilines is 1. The van der Waals surface area contributed by atoms with E-state index in [1.54, 1.807) is 34.2 Å². The van der Waals surface area contributed by atoms with Crippen molar-refractivity contribution in [2.24, 2.45) is 10.9 Å². The van der Waals surface area contributed by atoms with Crippen molar-refractivity contribution in [1.82, 2.24) is 19.5 Å². The van der Waals surface area contributed by atoms with Gasteiger partial charge in [-0.3, -0.25) is 4.79 Å². The molecule has 3 atom stereocenters. The minimum Gasteiger partial charge on any atom is -0.444 e. The van der Waals surface area contributed by atoms with Crippen LogP contribution in [0.4, 0.5) is 19.4 Å². The summed E-state index contributed by atoms with van der Waals surface area (Å²) in [6.45, 7) is 6.49. The number of halogens is 2. The molecule has 3 aromatic rings. The van der Waals surface area contributed by atoms with Gasteiger partial charge < -0.3 is 14.5 Å². The van der Waals surface area contributed by atoms with Crippen LogP contribution in [-0.4, -0.2) is 75.4 Å². The SMILES string of the molecule is CSc1ccc(F)cc1[C@H]1C[C@H](F)CN1c1ccc2ncc(C(=O)/N=C/C3CCN(C(=O)OC(C)(C)C)C3)n2n1. The van der Waals surface area contributed by atoms with Crippen LogP contribution in [0.3, 0.4) is 0 Å². The average Bonchev–Trinajstić information content (AvgIpc) is 3.64. The molecular formula is C28H32F2N6O3S. The standard InChI is InChI=1S/C28H32F2N6O3S/c1-28(2,3)39-27(38)34-10-9-17(15-34)13-32-26(37)22-14-31-24-7-8-25(33-36(22)24)35-16-19(30)12-21(35)20-11-18(29)5-6-23(20)40-4/h5-8,11,13-14,17,19,21H,9-10,12,15-16H2,1-4H3/b32-13+/t17?,19-,21+/m0/s1. The van der Waals surface area contributed by atoms with Crippen LogP contribution in [0.5, 0.6) is 0 Å². The number of amides is 2. The molecule has 0 N–H and O–H groups in total. The highest BCUT2D eigenvalue weighted by Gasteiger charge is 2.36. The summed E-state index contributed by atoms with van der Waals surface area (Å²) >= 11 is 1.48. The molecule has 212 valence electrons. The van der Waals surface area contributed by atoms with Crippen molar-refractivity contribution in [1.29, 1.82) is 0 Å². The molecule has 2 aliphatic rings. The summed E-state index contributed by atoms with van der Waals surface area (Å²) in [5, 5.41) is 4.62. The predicted octanol–water partition coefficient (Wildman–Crippen LogP) is 5.35. The van der Waals surface area contributed by atoms with E-state index in [9.17, 15) is 18.4 Å². The fraction of sp³-hybridized carbons (Fsp3) is 0.464. The molecule has 1 aromatic carbocycles. The fourth-order valence-corrected chi connectivity index (χ4v) is 5.74. The van der Waals surface area contributed by atoms with Crippen LogP contribution in [0.2, 0.25) is 0 Å². The maximum Gasteiger partial charge on any atom is 0.410 e. The summed E-state index contributed by atoms with van der Waals surface area (Å²) in [4.78, 5) is 38.1. The Bertz CT molecular complexity index is 1460. The lowest BCUT2D eigenvalue weighted by atomic mass is 10.0. The lowest BCUT2D eigenvalue weighted by Crippen LogP contribution is -2.35. The van der Waals surface area contributed by atoms with Crippen LogP contribution in [0, 0.1) is 11.7 Å². The Labute approximate surface area is 235 Å². The van der Waals surface area contributed by atoms with Crippen molar-refractivity contribution in [3.8, 4) is 0 Å². The molecule has 0 bridgehead atoms. The highest BCUT2D eigenvalue weighted by molar-refractivity contribution is 7.98. The third-order valence-corrected chi connectivity index (χ3v) is 7.75. The van der Waals surface area contributed by atoms with Gasteiger partial charge in [0.2, 0.25) is 0 Å². The van der Waals surface area contributed by atoms with Gasteiger partial charge in [-0.15, -0.1) is 16.9 Å². The largest absolute Gasteiger partial charge is 0.444 e. The molecule has 4 heterocycles. The number of benzene rings is 1. The summed E-state index contributed by atoms with van der Waals surface area (Å²) in [6.07, 6.45) is 4.26. The number of fused-ring (bicyclic) bond motifs is 1. The first-order chi connectivity index (χ1) is 19.0. The molecule has 5 rings (SSSR count). The number of ether oxygens (including phenoxy) is 1. The monoisotopic (exact) mass is 570 g/mol. The van der Waals surface area contributed by atoms with E-state index in [0.717, 1.165) is 4.90 Å². The summed E-state index contributed by atoms with van der Waals surface area (Å²) in [6, 6.07) is 7.59. The number of carbonyl (C=O) groups is 2. The number of likely N-dealkylation sites (tertiary alicyclic amines) is 1. The fourth-order valence-electron chi connectivity index (χ4n) is 5.10. The Morgan fingerprint density at radius 1 is 1.20 bits per heavy atom. The smallest absolute Gasteiger partial charge is 0.410 e. The van der Waals surface area contributed by atoms with Crippen molar-refractivity contribution in [3.63, 3.8) is 0 Å². The number of alkyl halides is 1. The lowest BCUT2D eigenvalue weighted by molar-refractivity contribution is 0.0292. The van der Waals surface area contributed by atoms with E-state index >= 15 is 0 Å². The van der Waals surface area contributed by atoms with Gasteiger partial charge in [0.25, 0.3) is 5.91 Å². The Morgan fingerprint density at radius 3 is 2.75 bits per heavy atom. The number of hydrogen-bond donors (Lipinski definition) is 0. The third kappa shape index (κ3) is 5.96. The van der Waals surface area contributed by atoms with E-state index < -0.39 is 23.7 Å². The molecule has 2 aromatic heterocycles. The molecule has 2 fully saturated rings. The van der Waals surface area contributed by atoms with Gasteiger partial charge in [0.15, 0.2) is 11.3 Å². The second kappa shape index (κ2) is 11.1. The Kier molecular flexibility index (Phi) is 7.80. The number of nitrogens with zero attached hydrogens (tertiary/aromatic N) is 6. The van der Waals surface area contributed by atoms with Crippen LogP contribution in [0.1, 0.15) is 55.7 Å². The zero-order valence-corrected chi connectivity index (χ0v) is 23.7. The summed E-state index contributed by atoms with van der Waals surface area (Å²) in [5.74, 6) is -0.531. The van der Waals surface area contributed by atoms with Crippen LogP contribution < -0.4 is 4.90 Å². The van der Waals surface area contributed by atoms with Crippen molar-refractivity contribution in [3.05, 3.63) is 53.6 Å². The van der Waals surface area contributed by atoms with E-state index in [2.05, 4.69) is 15.1 Å². The van der Waals surface area contributed by atoms with Crippen LogP contribution in [-0.2, 0) is 4.74 Å². The van der Waals surface area contributed by atoms with E-state index in [1.807, 2.05) is 27.0 Å². The normalized spacial score (nSPS) is 21.6. The van der Waals surface area contributed by atoms with Gasteiger partial charge in [-0.2, -0.15) is 0 Å². The number of imidazole rings is 1. The molecule has 12 heteroatoms. The second-order valence-electron chi connectivity index (χ2n) is 11.1. The first kappa shape index (κ1) is 28.0. The van der Waals surface area contributed by atoms with Gasteiger partial charge in [-0.1, -0.05) is 0 Å². The topological polar surface area (TPSA) is 92.4 Å². The van der Waals surface area contributed by atoms with Gasteiger partial charge >= 0.3 is 6.09 Å². The molecule has 9 nitrogen and oxygen atoms in total. The Hall–Kier alpha value is -3.54. The van der Waals surface area contributed by atoms with Gasteiger partial charge in [0, 0.05) is 36.5 Å². The van der Waals surface area contributed by atoms with E-state index in [-0.39, 0.29) is 36.5 Å². The first-order valence-corrected chi connectivity index (χ1v) is 14.4. The molecule has 1 unspecified atom stereocenters. The van der Waals surface area contributed by atoms with Crippen molar-refractivity contribution < 1.29 is 23.1 Å². The quantitative estimate of drug-likeness (QED) is 0.302. The molecule has 0 spiro atoms. The van der Waals surface area contributed by atoms with Gasteiger partial charge in [-0.25, -0.2) is 28.1 Å². The first-order valence-electron chi connectivity index (χ1n) is 13.2. The maximum absolute atomic E-state index is 14.7. The number of rotatable bonds is 5. The highest BCUT2D eigenvalue weighted by atomic mass is 32.2. The van der Waals surface area contributed by atoms with Gasteiger partial charge in [0.1, 0.15) is 23.4 Å². The van der Waals surface area contributed by atoms with Crippen molar-refractivity contribution in [2.75, 3.05) is 30.8 Å². The molecule has 2 amide bonds. The van der Waals surface area contributed by atoms with Gasteiger partial charge in [0.05, 0.1) is 18.8 Å². The summed E-state index contributed by atoms with van der Waals surface area (Å²) in [7, 11) is 0.